The fraction of sp³-hybridized carbons (Fsp3) is 0.923. The number of aliphatic hydroxyl groups excluding tert-OH is 3. The maximum absolute atomic E-state index is 10.9. The summed E-state index contributed by atoms with van der Waals surface area (Å²) in [6.45, 7) is 1.68. The van der Waals surface area contributed by atoms with Gasteiger partial charge in [-0.1, -0.05) is 6.42 Å². The highest BCUT2D eigenvalue weighted by molar-refractivity contribution is 5.80. The zero-order valence-corrected chi connectivity index (χ0v) is 12.2. The van der Waals surface area contributed by atoms with Crippen molar-refractivity contribution < 1.29 is 30.0 Å². The monoisotopic (exact) mass is 306 g/mol. The van der Waals surface area contributed by atoms with Gasteiger partial charge >= 0.3 is 0 Å². The van der Waals surface area contributed by atoms with Crippen LogP contribution in [-0.2, 0) is 9.53 Å². The number of unbranched alkanes of at least 4 members (excludes halogenated alkanes) is 1. The molecule has 0 aromatic heterocycles. The summed E-state index contributed by atoms with van der Waals surface area (Å²) in [6.07, 6.45) is -2.13. The van der Waals surface area contributed by atoms with Crippen LogP contribution in [0.2, 0.25) is 0 Å². The average Bonchev–Trinajstić information content (AvgIpc) is 2.44. The van der Waals surface area contributed by atoms with E-state index in [9.17, 15) is 25.2 Å². The fourth-order valence-corrected chi connectivity index (χ4v) is 2.13. The van der Waals surface area contributed by atoms with Gasteiger partial charge in [-0.25, -0.2) is 0 Å². The molecule has 1 saturated heterocycles. The molecule has 0 aromatic rings. The lowest BCUT2D eigenvalue weighted by Gasteiger charge is -2.41. The summed E-state index contributed by atoms with van der Waals surface area (Å²) in [5, 5.41) is 41.5. The van der Waals surface area contributed by atoms with E-state index in [1.165, 1.54) is 6.92 Å². The molecule has 1 aliphatic rings. The van der Waals surface area contributed by atoms with E-state index >= 15 is 0 Å². The van der Waals surface area contributed by atoms with Crippen molar-refractivity contribution in [3.63, 3.8) is 0 Å². The third-order valence-electron chi connectivity index (χ3n) is 3.70. The molecule has 0 aromatic carbocycles. The number of carbonyl (C=O) groups is 1. The van der Waals surface area contributed by atoms with Crippen LogP contribution in [0.5, 0.6) is 0 Å². The topological polar surface area (TPSA) is 145 Å². The Balaban J connectivity index is 2.21. The lowest BCUT2D eigenvalue weighted by molar-refractivity contribution is -0.317. The Morgan fingerprint density at radius 1 is 1.43 bits per heavy atom. The summed E-state index contributed by atoms with van der Waals surface area (Å²) in [5.74, 6) is -1.96. The molecule has 8 nitrogen and oxygen atoms in total. The molecule has 7 N–H and O–H groups in total. The van der Waals surface area contributed by atoms with E-state index in [0.29, 0.717) is 13.0 Å². The molecule has 0 aliphatic carbocycles. The molecule has 0 amide bonds. The van der Waals surface area contributed by atoms with Gasteiger partial charge in [0.05, 0.1) is 19.2 Å². The molecule has 1 aliphatic heterocycles. The van der Waals surface area contributed by atoms with Crippen molar-refractivity contribution in [3.05, 3.63) is 0 Å². The lowest BCUT2D eigenvalue weighted by Crippen LogP contribution is -2.64. The van der Waals surface area contributed by atoms with Gasteiger partial charge in [-0.05, 0) is 26.3 Å². The van der Waals surface area contributed by atoms with Crippen LogP contribution >= 0.6 is 0 Å². The first-order valence-corrected chi connectivity index (χ1v) is 7.15. The van der Waals surface area contributed by atoms with Gasteiger partial charge in [-0.15, -0.1) is 0 Å². The molecule has 1 rings (SSSR count). The first kappa shape index (κ1) is 18.4. The molecule has 124 valence electrons. The Labute approximate surface area is 123 Å². The number of ketones is 1. The van der Waals surface area contributed by atoms with E-state index in [2.05, 4.69) is 5.32 Å². The normalized spacial score (nSPS) is 34.7. The number of rotatable bonds is 8. The van der Waals surface area contributed by atoms with Gasteiger partial charge in [0.25, 0.3) is 0 Å². The predicted molar refractivity (Wildman–Crippen MR) is 74.3 cm³/mol. The number of carbonyl (C=O) groups excluding carboxylic acids is 1. The smallest absolute Gasteiger partial charge is 0.207 e. The second-order valence-electron chi connectivity index (χ2n) is 5.55. The van der Waals surface area contributed by atoms with Gasteiger partial charge in [0.2, 0.25) is 5.79 Å². The fourth-order valence-electron chi connectivity index (χ4n) is 2.13. The number of nitrogens with two attached hydrogens (primary N) is 1. The lowest BCUT2D eigenvalue weighted by atomic mass is 9.97. The molecule has 0 spiro atoms. The van der Waals surface area contributed by atoms with Crippen LogP contribution in [-0.4, -0.2) is 76.0 Å². The standard InChI is InChI=1S/C13H26N2O6/c1-8(16)9(14)4-2-3-5-15-7-13(20)12(19)11(18)10(17)6-21-13/h9-12,15,17-20H,2-7,14H2,1H3. The number of hydrogen-bond donors (Lipinski definition) is 6. The minimum Gasteiger partial charge on any atom is -0.388 e. The Morgan fingerprint density at radius 3 is 2.71 bits per heavy atom. The Hall–Kier alpha value is -0.610. The highest BCUT2D eigenvalue weighted by atomic mass is 16.6. The first-order chi connectivity index (χ1) is 9.78. The summed E-state index contributed by atoms with van der Waals surface area (Å²) in [5.41, 5.74) is 5.60. The molecule has 1 fully saturated rings. The summed E-state index contributed by atoms with van der Waals surface area (Å²) in [7, 11) is 0. The second kappa shape index (κ2) is 8.14. The Bertz CT molecular complexity index is 343. The maximum Gasteiger partial charge on any atom is 0.207 e. The van der Waals surface area contributed by atoms with Crippen molar-refractivity contribution in [2.24, 2.45) is 5.73 Å². The highest BCUT2D eigenvalue weighted by Gasteiger charge is 2.47. The Morgan fingerprint density at radius 2 is 2.10 bits per heavy atom. The van der Waals surface area contributed by atoms with Crippen molar-refractivity contribution in [3.8, 4) is 0 Å². The quantitative estimate of drug-likeness (QED) is 0.269. The van der Waals surface area contributed by atoms with Crippen molar-refractivity contribution in [1.82, 2.24) is 5.32 Å². The van der Waals surface area contributed by atoms with E-state index in [1.807, 2.05) is 0 Å². The van der Waals surface area contributed by atoms with E-state index in [-0.39, 0.29) is 18.9 Å². The highest BCUT2D eigenvalue weighted by Crippen LogP contribution is 2.23. The molecule has 1 heterocycles. The number of Topliss-reactive ketones (excluding diaryl/α,β-unsaturated/α-hetero) is 1. The van der Waals surface area contributed by atoms with Crippen molar-refractivity contribution in [2.75, 3.05) is 19.7 Å². The molecule has 0 saturated carbocycles. The number of ether oxygens (including phenoxy) is 1. The average molecular weight is 306 g/mol. The molecule has 0 radical (unpaired) electrons. The van der Waals surface area contributed by atoms with Gasteiger partial charge in [-0.3, -0.25) is 4.79 Å². The number of hydrogen-bond acceptors (Lipinski definition) is 8. The van der Waals surface area contributed by atoms with E-state index < -0.39 is 30.1 Å². The van der Waals surface area contributed by atoms with Crippen LogP contribution in [0, 0.1) is 0 Å². The zero-order valence-electron chi connectivity index (χ0n) is 12.2. The minimum atomic E-state index is -1.92. The first-order valence-electron chi connectivity index (χ1n) is 7.15. The van der Waals surface area contributed by atoms with Crippen molar-refractivity contribution >= 4 is 5.78 Å². The summed E-state index contributed by atoms with van der Waals surface area (Å²) < 4.78 is 5.01. The summed E-state index contributed by atoms with van der Waals surface area (Å²) in [4.78, 5) is 10.9. The maximum atomic E-state index is 10.9. The summed E-state index contributed by atoms with van der Waals surface area (Å²) in [6, 6.07) is -0.436. The number of nitrogens with one attached hydrogen (secondary N) is 1. The zero-order chi connectivity index (χ0) is 16.0. The number of aliphatic hydroxyl groups is 4. The third kappa shape index (κ3) is 5.26. The van der Waals surface area contributed by atoms with Crippen LogP contribution in [0.25, 0.3) is 0 Å². The van der Waals surface area contributed by atoms with E-state index in [1.54, 1.807) is 0 Å². The second-order valence-corrected chi connectivity index (χ2v) is 5.55. The van der Waals surface area contributed by atoms with Crippen LogP contribution < -0.4 is 11.1 Å². The van der Waals surface area contributed by atoms with Gasteiger partial charge in [-0.2, -0.15) is 0 Å². The minimum absolute atomic E-state index is 0.0384. The van der Waals surface area contributed by atoms with E-state index in [4.69, 9.17) is 10.5 Å². The van der Waals surface area contributed by atoms with Crippen LogP contribution in [0.3, 0.4) is 0 Å². The van der Waals surface area contributed by atoms with Gasteiger partial charge < -0.3 is 36.2 Å². The summed E-state index contributed by atoms with van der Waals surface area (Å²) >= 11 is 0. The predicted octanol–water partition coefficient (Wildman–Crippen LogP) is -2.54. The molecule has 21 heavy (non-hydrogen) atoms. The molecular weight excluding hydrogens is 280 g/mol. The van der Waals surface area contributed by atoms with Gasteiger partial charge in [0.1, 0.15) is 24.1 Å². The molecule has 8 heteroatoms. The van der Waals surface area contributed by atoms with Crippen molar-refractivity contribution in [1.29, 1.82) is 0 Å². The largest absolute Gasteiger partial charge is 0.388 e. The van der Waals surface area contributed by atoms with Gasteiger partial charge in [0.15, 0.2) is 0 Å². The molecule has 5 atom stereocenters. The molecular formula is C13H26N2O6. The van der Waals surface area contributed by atoms with Gasteiger partial charge in [0, 0.05) is 0 Å². The van der Waals surface area contributed by atoms with Crippen LogP contribution in [0.1, 0.15) is 26.2 Å². The van der Waals surface area contributed by atoms with Crippen LogP contribution in [0.15, 0.2) is 0 Å². The Kier molecular flexibility index (Phi) is 7.14. The molecule has 0 bridgehead atoms. The van der Waals surface area contributed by atoms with E-state index in [0.717, 1.165) is 12.8 Å². The van der Waals surface area contributed by atoms with Crippen LogP contribution in [0.4, 0.5) is 0 Å². The SMILES string of the molecule is CC(=O)C(N)CCCCNCC1(O)OCC(O)C(O)C1O. The molecule has 5 unspecified atom stereocenters. The third-order valence-corrected chi connectivity index (χ3v) is 3.70. The van der Waals surface area contributed by atoms with Crippen molar-refractivity contribution in [2.45, 2.75) is 56.3 Å².